The highest BCUT2D eigenvalue weighted by Gasteiger charge is 2.15. The SMILES string of the molecule is CC(=O)Nc1ccc(N)c(NC(=O)c2ccc(C(C)(C)C)cc2)c1. The van der Waals surface area contributed by atoms with Crippen LogP contribution in [0.3, 0.4) is 0 Å². The standard InChI is InChI=1S/C19H23N3O2/c1-12(23)21-15-9-10-16(20)17(11-15)22-18(24)13-5-7-14(8-6-13)19(2,3)4/h5-11H,20H2,1-4H3,(H,21,23)(H,22,24). The Hall–Kier alpha value is -2.82. The molecule has 0 bridgehead atoms. The second kappa shape index (κ2) is 6.74. The van der Waals surface area contributed by atoms with Gasteiger partial charge < -0.3 is 16.4 Å². The van der Waals surface area contributed by atoms with Crippen molar-refractivity contribution in [3.05, 3.63) is 53.6 Å². The van der Waals surface area contributed by atoms with Crippen LogP contribution in [0.2, 0.25) is 0 Å². The number of benzene rings is 2. The summed E-state index contributed by atoms with van der Waals surface area (Å²) >= 11 is 0. The second-order valence-electron chi connectivity index (χ2n) is 6.76. The van der Waals surface area contributed by atoms with Crippen molar-refractivity contribution >= 4 is 28.9 Å². The summed E-state index contributed by atoms with van der Waals surface area (Å²) in [6.45, 7) is 7.79. The molecule has 4 N–H and O–H groups in total. The Labute approximate surface area is 142 Å². The zero-order valence-electron chi connectivity index (χ0n) is 14.4. The predicted molar refractivity (Wildman–Crippen MR) is 98.3 cm³/mol. The highest BCUT2D eigenvalue weighted by Crippen LogP contribution is 2.25. The van der Waals surface area contributed by atoms with Crippen molar-refractivity contribution in [2.24, 2.45) is 0 Å². The number of hydrogen-bond donors (Lipinski definition) is 3. The Morgan fingerprint density at radius 3 is 2.12 bits per heavy atom. The Bertz CT molecular complexity index is 759. The van der Waals surface area contributed by atoms with Gasteiger partial charge in [0.2, 0.25) is 5.91 Å². The molecule has 2 aromatic rings. The lowest BCUT2D eigenvalue weighted by Crippen LogP contribution is -2.15. The van der Waals surface area contributed by atoms with E-state index in [1.165, 1.54) is 6.92 Å². The van der Waals surface area contributed by atoms with Gasteiger partial charge in [-0.2, -0.15) is 0 Å². The maximum absolute atomic E-state index is 12.4. The zero-order chi connectivity index (χ0) is 17.9. The monoisotopic (exact) mass is 325 g/mol. The molecule has 0 aliphatic carbocycles. The van der Waals surface area contributed by atoms with Gasteiger partial charge in [-0.3, -0.25) is 9.59 Å². The van der Waals surface area contributed by atoms with Crippen molar-refractivity contribution < 1.29 is 9.59 Å². The molecular formula is C19H23N3O2. The molecule has 2 amide bonds. The fourth-order valence-electron chi connectivity index (χ4n) is 2.26. The first kappa shape index (κ1) is 17.5. The Balaban J connectivity index is 2.18. The van der Waals surface area contributed by atoms with Gasteiger partial charge in [0.05, 0.1) is 11.4 Å². The molecule has 5 nitrogen and oxygen atoms in total. The Morgan fingerprint density at radius 1 is 0.958 bits per heavy atom. The first-order valence-corrected chi connectivity index (χ1v) is 7.76. The molecule has 0 unspecified atom stereocenters. The number of carbonyl (C=O) groups excluding carboxylic acids is 2. The van der Waals surface area contributed by atoms with Crippen LogP contribution in [0, 0.1) is 0 Å². The van der Waals surface area contributed by atoms with Gasteiger partial charge in [-0.15, -0.1) is 0 Å². The first-order chi connectivity index (χ1) is 11.2. The summed E-state index contributed by atoms with van der Waals surface area (Å²) in [7, 11) is 0. The highest BCUT2D eigenvalue weighted by molar-refractivity contribution is 6.06. The molecule has 5 heteroatoms. The van der Waals surface area contributed by atoms with Crippen LogP contribution in [0.25, 0.3) is 0 Å². The van der Waals surface area contributed by atoms with Crippen LogP contribution in [0.1, 0.15) is 43.6 Å². The molecule has 0 heterocycles. The Kier molecular flexibility index (Phi) is 4.93. The third-order valence-corrected chi connectivity index (χ3v) is 3.63. The lowest BCUT2D eigenvalue weighted by Gasteiger charge is -2.19. The summed E-state index contributed by atoms with van der Waals surface area (Å²) in [4.78, 5) is 23.5. The summed E-state index contributed by atoms with van der Waals surface area (Å²) in [5.74, 6) is -0.433. The van der Waals surface area contributed by atoms with Gasteiger partial charge in [-0.05, 0) is 41.3 Å². The third kappa shape index (κ3) is 4.35. The van der Waals surface area contributed by atoms with E-state index in [-0.39, 0.29) is 17.2 Å². The van der Waals surface area contributed by atoms with E-state index in [1.54, 1.807) is 30.3 Å². The smallest absolute Gasteiger partial charge is 0.255 e. The minimum absolute atomic E-state index is 0.0339. The van der Waals surface area contributed by atoms with E-state index < -0.39 is 0 Å². The fraction of sp³-hybridized carbons (Fsp3) is 0.263. The minimum Gasteiger partial charge on any atom is -0.397 e. The molecule has 24 heavy (non-hydrogen) atoms. The van der Waals surface area contributed by atoms with Crippen molar-refractivity contribution in [2.75, 3.05) is 16.4 Å². The normalized spacial score (nSPS) is 11.0. The van der Waals surface area contributed by atoms with Crippen LogP contribution >= 0.6 is 0 Å². The van der Waals surface area contributed by atoms with E-state index in [4.69, 9.17) is 5.73 Å². The molecule has 0 atom stereocenters. The van der Waals surface area contributed by atoms with Crippen molar-refractivity contribution in [1.29, 1.82) is 0 Å². The number of nitrogen functional groups attached to an aromatic ring is 1. The van der Waals surface area contributed by atoms with Crippen molar-refractivity contribution in [2.45, 2.75) is 33.1 Å². The molecule has 2 rings (SSSR count). The summed E-state index contributed by atoms with van der Waals surface area (Å²) < 4.78 is 0. The van der Waals surface area contributed by atoms with E-state index in [9.17, 15) is 9.59 Å². The van der Waals surface area contributed by atoms with Crippen LogP contribution in [-0.4, -0.2) is 11.8 Å². The fourth-order valence-corrected chi connectivity index (χ4v) is 2.26. The van der Waals surface area contributed by atoms with Crippen LogP contribution in [0.15, 0.2) is 42.5 Å². The number of rotatable bonds is 3. The van der Waals surface area contributed by atoms with Crippen LogP contribution in [-0.2, 0) is 10.2 Å². The van der Waals surface area contributed by atoms with Gasteiger partial charge in [0, 0.05) is 18.2 Å². The summed E-state index contributed by atoms with van der Waals surface area (Å²) in [5.41, 5.74) is 9.12. The molecule has 0 aromatic heterocycles. The first-order valence-electron chi connectivity index (χ1n) is 7.76. The van der Waals surface area contributed by atoms with Crippen LogP contribution < -0.4 is 16.4 Å². The van der Waals surface area contributed by atoms with Crippen molar-refractivity contribution in [1.82, 2.24) is 0 Å². The summed E-state index contributed by atoms with van der Waals surface area (Å²) in [6, 6.07) is 12.5. The highest BCUT2D eigenvalue weighted by atomic mass is 16.2. The summed E-state index contributed by atoms with van der Waals surface area (Å²) in [6.07, 6.45) is 0. The van der Waals surface area contributed by atoms with Gasteiger partial charge in [0.25, 0.3) is 5.91 Å². The third-order valence-electron chi connectivity index (χ3n) is 3.63. The largest absolute Gasteiger partial charge is 0.397 e. The van der Waals surface area contributed by atoms with E-state index in [0.717, 1.165) is 5.56 Å². The van der Waals surface area contributed by atoms with E-state index in [2.05, 4.69) is 31.4 Å². The molecule has 0 saturated heterocycles. The van der Waals surface area contributed by atoms with Crippen molar-refractivity contribution in [3.8, 4) is 0 Å². The second-order valence-corrected chi connectivity index (χ2v) is 6.76. The zero-order valence-corrected chi connectivity index (χ0v) is 14.4. The molecule has 0 spiro atoms. The van der Waals surface area contributed by atoms with Gasteiger partial charge in [-0.1, -0.05) is 32.9 Å². The topological polar surface area (TPSA) is 84.2 Å². The molecule has 2 aromatic carbocycles. The summed E-state index contributed by atoms with van der Waals surface area (Å²) in [5, 5.41) is 5.45. The van der Waals surface area contributed by atoms with Crippen LogP contribution in [0.4, 0.5) is 17.1 Å². The maximum Gasteiger partial charge on any atom is 0.255 e. The lowest BCUT2D eigenvalue weighted by molar-refractivity contribution is -0.114. The average molecular weight is 325 g/mol. The molecule has 0 fully saturated rings. The molecule has 126 valence electrons. The number of anilines is 3. The number of nitrogens with two attached hydrogens (primary N) is 1. The van der Waals surface area contributed by atoms with E-state index in [1.807, 2.05) is 12.1 Å². The van der Waals surface area contributed by atoms with Crippen molar-refractivity contribution in [3.63, 3.8) is 0 Å². The number of amides is 2. The molecular weight excluding hydrogens is 302 g/mol. The molecule has 0 aliphatic rings. The van der Waals surface area contributed by atoms with E-state index in [0.29, 0.717) is 22.6 Å². The van der Waals surface area contributed by atoms with Gasteiger partial charge in [-0.25, -0.2) is 0 Å². The number of hydrogen-bond acceptors (Lipinski definition) is 3. The average Bonchev–Trinajstić information content (AvgIpc) is 2.49. The molecule has 0 saturated carbocycles. The number of carbonyl (C=O) groups is 2. The number of nitrogens with one attached hydrogen (secondary N) is 2. The lowest BCUT2D eigenvalue weighted by atomic mass is 9.87. The predicted octanol–water partition coefficient (Wildman–Crippen LogP) is 3.78. The van der Waals surface area contributed by atoms with E-state index >= 15 is 0 Å². The van der Waals surface area contributed by atoms with Gasteiger partial charge >= 0.3 is 0 Å². The Morgan fingerprint density at radius 2 is 1.58 bits per heavy atom. The minimum atomic E-state index is -0.248. The van der Waals surface area contributed by atoms with Gasteiger partial charge in [0.15, 0.2) is 0 Å². The molecule has 0 aliphatic heterocycles. The maximum atomic E-state index is 12.4. The van der Waals surface area contributed by atoms with Crippen LogP contribution in [0.5, 0.6) is 0 Å². The van der Waals surface area contributed by atoms with Gasteiger partial charge in [0.1, 0.15) is 0 Å². The molecule has 0 radical (unpaired) electrons. The quantitative estimate of drug-likeness (QED) is 0.751.